The standard InChI is InChI=1S/C9H11FO2/c10-7-8-1-3-9(4-2-8)12-6-5-11/h1-4,11H,5-7H2. The molecule has 2 nitrogen and oxygen atoms in total. The first-order valence-electron chi connectivity index (χ1n) is 3.75. The second-order valence-corrected chi connectivity index (χ2v) is 2.35. The lowest BCUT2D eigenvalue weighted by Gasteiger charge is -2.03. The molecule has 0 fully saturated rings. The predicted octanol–water partition coefficient (Wildman–Crippen LogP) is 1.53. The summed E-state index contributed by atoms with van der Waals surface area (Å²) in [6.45, 7) is -0.194. The number of benzene rings is 1. The van der Waals surface area contributed by atoms with E-state index >= 15 is 0 Å². The van der Waals surface area contributed by atoms with Gasteiger partial charge in [0, 0.05) is 0 Å². The molecule has 66 valence electrons. The quantitative estimate of drug-likeness (QED) is 0.742. The lowest BCUT2D eigenvalue weighted by Crippen LogP contribution is -2.01. The van der Waals surface area contributed by atoms with Crippen molar-refractivity contribution in [2.45, 2.75) is 6.67 Å². The van der Waals surface area contributed by atoms with E-state index in [9.17, 15) is 4.39 Å². The van der Waals surface area contributed by atoms with Crippen LogP contribution in [-0.2, 0) is 6.67 Å². The zero-order valence-electron chi connectivity index (χ0n) is 6.66. The molecule has 0 saturated carbocycles. The van der Waals surface area contributed by atoms with Crippen LogP contribution < -0.4 is 4.74 Å². The largest absolute Gasteiger partial charge is 0.491 e. The SMILES string of the molecule is OCCOc1ccc(CF)cc1. The molecule has 0 aliphatic carbocycles. The van der Waals surface area contributed by atoms with Crippen molar-refractivity contribution in [2.24, 2.45) is 0 Å². The molecule has 0 aliphatic rings. The first kappa shape index (κ1) is 9.00. The van der Waals surface area contributed by atoms with Gasteiger partial charge in [0.25, 0.3) is 0 Å². The van der Waals surface area contributed by atoms with Gasteiger partial charge < -0.3 is 9.84 Å². The zero-order chi connectivity index (χ0) is 8.81. The smallest absolute Gasteiger partial charge is 0.119 e. The molecule has 3 heteroatoms. The van der Waals surface area contributed by atoms with Crippen LogP contribution in [0.25, 0.3) is 0 Å². The number of alkyl halides is 1. The van der Waals surface area contributed by atoms with Gasteiger partial charge in [0.2, 0.25) is 0 Å². The number of rotatable bonds is 4. The maximum Gasteiger partial charge on any atom is 0.119 e. The van der Waals surface area contributed by atoms with Crippen molar-refractivity contribution >= 4 is 0 Å². The summed E-state index contributed by atoms with van der Waals surface area (Å²) in [6, 6.07) is 6.69. The van der Waals surface area contributed by atoms with E-state index in [2.05, 4.69) is 0 Å². The minimum Gasteiger partial charge on any atom is -0.491 e. The summed E-state index contributed by atoms with van der Waals surface area (Å²) in [5.74, 6) is 0.654. The molecule has 1 rings (SSSR count). The summed E-state index contributed by atoms with van der Waals surface area (Å²) < 4.78 is 17.1. The van der Waals surface area contributed by atoms with Crippen molar-refractivity contribution in [2.75, 3.05) is 13.2 Å². The third-order valence-corrected chi connectivity index (χ3v) is 1.44. The van der Waals surface area contributed by atoms with Crippen LogP contribution in [0.4, 0.5) is 4.39 Å². The number of hydrogen-bond acceptors (Lipinski definition) is 2. The number of aliphatic hydroxyl groups is 1. The first-order chi connectivity index (χ1) is 5.86. The molecule has 0 spiro atoms. The monoisotopic (exact) mass is 170 g/mol. The van der Waals surface area contributed by atoms with Crippen LogP contribution in [0.15, 0.2) is 24.3 Å². The Labute approximate surface area is 70.6 Å². The van der Waals surface area contributed by atoms with E-state index in [4.69, 9.17) is 9.84 Å². The second kappa shape index (κ2) is 4.72. The van der Waals surface area contributed by atoms with E-state index in [1.54, 1.807) is 24.3 Å². The highest BCUT2D eigenvalue weighted by atomic mass is 19.1. The van der Waals surface area contributed by atoms with Crippen molar-refractivity contribution in [1.82, 2.24) is 0 Å². The molecular formula is C9H11FO2. The molecule has 1 aromatic rings. The number of halogens is 1. The van der Waals surface area contributed by atoms with Crippen LogP contribution in [0, 0.1) is 0 Å². The number of aliphatic hydroxyl groups excluding tert-OH is 1. The molecule has 1 N–H and O–H groups in total. The van der Waals surface area contributed by atoms with Crippen molar-refractivity contribution < 1.29 is 14.2 Å². The molecule has 0 saturated heterocycles. The van der Waals surface area contributed by atoms with Crippen LogP contribution in [0.5, 0.6) is 5.75 Å². The molecular weight excluding hydrogens is 159 g/mol. The van der Waals surface area contributed by atoms with Crippen LogP contribution in [0.1, 0.15) is 5.56 Å². The van der Waals surface area contributed by atoms with Gasteiger partial charge in [0.1, 0.15) is 19.0 Å². The minimum absolute atomic E-state index is 0.00906. The van der Waals surface area contributed by atoms with E-state index in [0.29, 0.717) is 11.3 Å². The van der Waals surface area contributed by atoms with Crippen LogP contribution in [-0.4, -0.2) is 18.3 Å². The topological polar surface area (TPSA) is 29.5 Å². The molecule has 1 aromatic carbocycles. The Hall–Kier alpha value is -1.09. The molecule has 12 heavy (non-hydrogen) atoms. The van der Waals surface area contributed by atoms with Gasteiger partial charge in [-0.1, -0.05) is 12.1 Å². The highest BCUT2D eigenvalue weighted by Crippen LogP contribution is 2.12. The highest BCUT2D eigenvalue weighted by molar-refractivity contribution is 5.26. The lowest BCUT2D eigenvalue weighted by atomic mass is 10.2. The first-order valence-corrected chi connectivity index (χ1v) is 3.75. The summed E-state index contributed by atoms with van der Waals surface area (Å²) in [6.07, 6.45) is 0. The van der Waals surface area contributed by atoms with E-state index in [1.807, 2.05) is 0 Å². The Morgan fingerprint density at radius 3 is 2.42 bits per heavy atom. The van der Waals surface area contributed by atoms with Crippen LogP contribution in [0.3, 0.4) is 0 Å². The average Bonchev–Trinajstić information content (AvgIpc) is 2.15. The van der Waals surface area contributed by atoms with E-state index < -0.39 is 6.67 Å². The van der Waals surface area contributed by atoms with E-state index in [1.165, 1.54) is 0 Å². The fourth-order valence-corrected chi connectivity index (χ4v) is 0.838. The van der Waals surface area contributed by atoms with Gasteiger partial charge in [-0.15, -0.1) is 0 Å². The van der Waals surface area contributed by atoms with Gasteiger partial charge in [0.05, 0.1) is 6.61 Å². The Balaban J connectivity index is 2.53. The maximum absolute atomic E-state index is 12.0. The second-order valence-electron chi connectivity index (χ2n) is 2.35. The van der Waals surface area contributed by atoms with Crippen molar-refractivity contribution in [1.29, 1.82) is 0 Å². The fraction of sp³-hybridized carbons (Fsp3) is 0.333. The molecule has 0 heterocycles. The van der Waals surface area contributed by atoms with Crippen molar-refractivity contribution in [3.05, 3.63) is 29.8 Å². The Bertz CT molecular complexity index is 220. The van der Waals surface area contributed by atoms with E-state index in [0.717, 1.165) is 0 Å². The van der Waals surface area contributed by atoms with Gasteiger partial charge in [-0.3, -0.25) is 0 Å². The molecule has 0 aliphatic heterocycles. The molecule has 0 bridgehead atoms. The Morgan fingerprint density at radius 1 is 1.25 bits per heavy atom. The number of ether oxygens (including phenoxy) is 1. The zero-order valence-corrected chi connectivity index (χ0v) is 6.66. The summed E-state index contributed by atoms with van der Waals surface area (Å²) in [5.41, 5.74) is 0.631. The Morgan fingerprint density at radius 2 is 1.92 bits per heavy atom. The van der Waals surface area contributed by atoms with Crippen LogP contribution in [0.2, 0.25) is 0 Å². The van der Waals surface area contributed by atoms with Gasteiger partial charge >= 0.3 is 0 Å². The minimum atomic E-state index is -0.458. The average molecular weight is 170 g/mol. The van der Waals surface area contributed by atoms with Gasteiger partial charge in [-0.2, -0.15) is 0 Å². The molecule has 0 atom stereocenters. The van der Waals surface area contributed by atoms with Crippen molar-refractivity contribution in [3.63, 3.8) is 0 Å². The maximum atomic E-state index is 12.0. The van der Waals surface area contributed by atoms with Gasteiger partial charge in [-0.25, -0.2) is 4.39 Å². The molecule has 0 radical (unpaired) electrons. The molecule has 0 unspecified atom stereocenters. The lowest BCUT2D eigenvalue weighted by molar-refractivity contribution is 0.201. The molecule has 0 amide bonds. The summed E-state index contributed by atoms with van der Waals surface area (Å²) >= 11 is 0. The number of hydrogen-bond donors (Lipinski definition) is 1. The summed E-state index contributed by atoms with van der Waals surface area (Å²) in [5, 5.41) is 8.44. The van der Waals surface area contributed by atoms with E-state index in [-0.39, 0.29) is 13.2 Å². The predicted molar refractivity (Wildman–Crippen MR) is 43.8 cm³/mol. The summed E-state index contributed by atoms with van der Waals surface area (Å²) in [7, 11) is 0. The van der Waals surface area contributed by atoms with Gasteiger partial charge in [0.15, 0.2) is 0 Å². The highest BCUT2D eigenvalue weighted by Gasteiger charge is 1.93. The fourth-order valence-electron chi connectivity index (χ4n) is 0.838. The normalized spacial score (nSPS) is 9.83. The Kier molecular flexibility index (Phi) is 3.54. The summed E-state index contributed by atoms with van der Waals surface area (Å²) in [4.78, 5) is 0. The van der Waals surface area contributed by atoms with Crippen molar-refractivity contribution in [3.8, 4) is 5.75 Å². The van der Waals surface area contributed by atoms with Gasteiger partial charge in [-0.05, 0) is 17.7 Å². The third-order valence-electron chi connectivity index (χ3n) is 1.44. The molecule has 0 aromatic heterocycles. The van der Waals surface area contributed by atoms with Crippen LogP contribution >= 0.6 is 0 Å². The third kappa shape index (κ3) is 2.51.